The molecule has 9 heteroatoms. The molecule has 0 unspecified atom stereocenters. The molecule has 0 saturated heterocycles. The average Bonchev–Trinajstić information content (AvgIpc) is 3.01. The molecular formula is C34H37N3O5S. The normalized spacial score (nSPS) is 11.8. The number of sulfonamides is 1. The van der Waals surface area contributed by atoms with E-state index < -0.39 is 28.5 Å². The minimum atomic E-state index is -4.22. The summed E-state index contributed by atoms with van der Waals surface area (Å²) in [6.07, 6.45) is 0.247. The topological polar surface area (TPSA) is 96.0 Å². The molecule has 0 bridgehead atoms. The van der Waals surface area contributed by atoms with Gasteiger partial charge in [-0.25, -0.2) is 8.42 Å². The fourth-order valence-electron chi connectivity index (χ4n) is 4.91. The van der Waals surface area contributed by atoms with Crippen molar-refractivity contribution in [3.63, 3.8) is 0 Å². The number of carbonyl (C=O) groups excluding carboxylic acids is 2. The Morgan fingerprint density at radius 1 is 0.814 bits per heavy atom. The van der Waals surface area contributed by atoms with Crippen LogP contribution in [0.5, 0.6) is 5.75 Å². The third-order valence-corrected chi connectivity index (χ3v) is 8.97. The number of hydrogen-bond donors (Lipinski definition) is 1. The Hall–Kier alpha value is -4.63. The number of benzene rings is 4. The highest BCUT2D eigenvalue weighted by Crippen LogP contribution is 2.32. The average molecular weight is 600 g/mol. The number of amides is 2. The first-order chi connectivity index (χ1) is 20.6. The van der Waals surface area contributed by atoms with E-state index in [0.29, 0.717) is 5.75 Å². The number of para-hydroxylation sites is 2. The summed E-state index contributed by atoms with van der Waals surface area (Å²) in [6, 6.07) is 29.3. The van der Waals surface area contributed by atoms with Crippen molar-refractivity contribution in [3.05, 3.63) is 125 Å². The predicted molar refractivity (Wildman–Crippen MR) is 168 cm³/mol. The van der Waals surface area contributed by atoms with Gasteiger partial charge in [-0.05, 0) is 49.2 Å². The maximum atomic E-state index is 14.4. The van der Waals surface area contributed by atoms with Gasteiger partial charge in [0.05, 0.1) is 17.7 Å². The lowest BCUT2D eigenvalue weighted by Crippen LogP contribution is -2.53. The standard InChI is InChI=1S/C34H37N3O5S/c1-25-17-19-29(20-18-25)43(40,41)37(30-15-8-9-16-32(30)42-4)24-33(38)36(23-28-14-10-11-26(2)21-28)31(34(39)35-3)22-27-12-6-5-7-13-27/h5-21,31H,22-24H2,1-4H3,(H,35,39)/t31-/m0/s1. The summed E-state index contributed by atoms with van der Waals surface area (Å²) in [5.74, 6) is -0.592. The van der Waals surface area contributed by atoms with Gasteiger partial charge < -0.3 is 15.0 Å². The molecule has 43 heavy (non-hydrogen) atoms. The van der Waals surface area contributed by atoms with Gasteiger partial charge in [-0.15, -0.1) is 0 Å². The molecule has 0 aromatic heterocycles. The maximum absolute atomic E-state index is 14.4. The molecule has 0 spiro atoms. The highest BCUT2D eigenvalue weighted by molar-refractivity contribution is 7.92. The summed E-state index contributed by atoms with van der Waals surface area (Å²) in [7, 11) is -1.24. The second-order valence-electron chi connectivity index (χ2n) is 10.3. The number of nitrogens with one attached hydrogen (secondary N) is 1. The maximum Gasteiger partial charge on any atom is 0.264 e. The first-order valence-corrected chi connectivity index (χ1v) is 15.4. The van der Waals surface area contributed by atoms with Crippen LogP contribution >= 0.6 is 0 Å². The number of ether oxygens (including phenoxy) is 1. The van der Waals surface area contributed by atoms with E-state index in [1.807, 2.05) is 68.4 Å². The number of likely N-dealkylation sites (N-methyl/N-ethyl adjacent to an activating group) is 1. The van der Waals surface area contributed by atoms with Gasteiger partial charge in [0.2, 0.25) is 11.8 Å². The highest BCUT2D eigenvalue weighted by Gasteiger charge is 2.35. The number of carbonyl (C=O) groups is 2. The third kappa shape index (κ3) is 7.61. The van der Waals surface area contributed by atoms with Gasteiger partial charge >= 0.3 is 0 Å². The Morgan fingerprint density at radius 2 is 1.47 bits per heavy atom. The van der Waals surface area contributed by atoms with E-state index in [4.69, 9.17) is 4.74 Å². The predicted octanol–water partition coefficient (Wildman–Crippen LogP) is 4.89. The van der Waals surface area contributed by atoms with Crippen LogP contribution in [0.3, 0.4) is 0 Å². The molecule has 4 rings (SSSR count). The van der Waals surface area contributed by atoms with Crippen LogP contribution in [0.25, 0.3) is 0 Å². The summed E-state index contributed by atoms with van der Waals surface area (Å²) < 4.78 is 34.9. The molecule has 0 aliphatic heterocycles. The van der Waals surface area contributed by atoms with E-state index in [2.05, 4.69) is 5.32 Å². The van der Waals surface area contributed by atoms with Crippen LogP contribution in [0, 0.1) is 13.8 Å². The molecule has 0 aliphatic rings. The highest BCUT2D eigenvalue weighted by atomic mass is 32.2. The van der Waals surface area contributed by atoms with E-state index in [1.165, 1.54) is 31.2 Å². The van der Waals surface area contributed by atoms with Gasteiger partial charge in [0.25, 0.3) is 10.0 Å². The van der Waals surface area contributed by atoms with Crippen LogP contribution < -0.4 is 14.4 Å². The zero-order valence-electron chi connectivity index (χ0n) is 24.9. The molecule has 4 aromatic carbocycles. The van der Waals surface area contributed by atoms with Gasteiger partial charge in [0, 0.05) is 20.0 Å². The van der Waals surface area contributed by atoms with Crippen LogP contribution in [0.2, 0.25) is 0 Å². The van der Waals surface area contributed by atoms with E-state index in [9.17, 15) is 18.0 Å². The van der Waals surface area contributed by atoms with Gasteiger partial charge in [-0.2, -0.15) is 0 Å². The van der Waals surface area contributed by atoms with E-state index in [0.717, 1.165) is 26.6 Å². The Morgan fingerprint density at radius 3 is 2.12 bits per heavy atom. The van der Waals surface area contributed by atoms with Crippen LogP contribution in [0.1, 0.15) is 22.3 Å². The molecule has 224 valence electrons. The van der Waals surface area contributed by atoms with Crippen molar-refractivity contribution in [1.82, 2.24) is 10.2 Å². The Balaban J connectivity index is 1.81. The number of hydrogen-bond acceptors (Lipinski definition) is 5. The first kappa shape index (κ1) is 31.3. The van der Waals surface area contributed by atoms with Crippen molar-refractivity contribution in [2.45, 2.75) is 37.8 Å². The first-order valence-electron chi connectivity index (χ1n) is 14.0. The van der Waals surface area contributed by atoms with Crippen LogP contribution in [0.4, 0.5) is 5.69 Å². The summed E-state index contributed by atoms with van der Waals surface area (Å²) >= 11 is 0. The number of rotatable bonds is 12. The summed E-state index contributed by atoms with van der Waals surface area (Å²) in [6.45, 7) is 3.38. The lowest BCUT2D eigenvalue weighted by Gasteiger charge is -2.34. The smallest absolute Gasteiger partial charge is 0.264 e. The zero-order valence-corrected chi connectivity index (χ0v) is 25.7. The quantitative estimate of drug-likeness (QED) is 0.250. The van der Waals surface area contributed by atoms with Crippen molar-refractivity contribution in [2.75, 3.05) is 25.0 Å². The Labute approximate surface area is 254 Å². The van der Waals surface area contributed by atoms with Crippen molar-refractivity contribution in [2.24, 2.45) is 0 Å². The number of aryl methyl sites for hydroxylation is 2. The molecule has 2 amide bonds. The number of anilines is 1. The van der Waals surface area contributed by atoms with Crippen molar-refractivity contribution in [1.29, 1.82) is 0 Å². The third-order valence-electron chi connectivity index (χ3n) is 7.19. The molecule has 0 radical (unpaired) electrons. The molecule has 0 aliphatic carbocycles. The zero-order chi connectivity index (χ0) is 31.0. The molecule has 1 N–H and O–H groups in total. The van der Waals surface area contributed by atoms with Crippen LogP contribution in [-0.2, 0) is 32.6 Å². The molecule has 0 saturated carbocycles. The van der Waals surface area contributed by atoms with E-state index >= 15 is 0 Å². The van der Waals surface area contributed by atoms with Crippen LogP contribution in [-0.4, -0.2) is 51.9 Å². The van der Waals surface area contributed by atoms with E-state index in [-0.39, 0.29) is 29.5 Å². The van der Waals surface area contributed by atoms with E-state index in [1.54, 1.807) is 36.4 Å². The lowest BCUT2D eigenvalue weighted by atomic mass is 10.0. The second kappa shape index (κ2) is 14.0. The van der Waals surface area contributed by atoms with Crippen molar-refractivity contribution < 1.29 is 22.7 Å². The summed E-state index contributed by atoms with van der Waals surface area (Å²) in [5, 5.41) is 2.70. The summed E-state index contributed by atoms with van der Waals surface area (Å²) in [4.78, 5) is 29.3. The minimum Gasteiger partial charge on any atom is -0.495 e. The van der Waals surface area contributed by atoms with Gasteiger partial charge in [-0.3, -0.25) is 13.9 Å². The summed E-state index contributed by atoms with van der Waals surface area (Å²) in [5.41, 5.74) is 3.81. The Bertz CT molecular complexity index is 1660. The minimum absolute atomic E-state index is 0.0363. The lowest BCUT2D eigenvalue weighted by molar-refractivity contribution is -0.139. The van der Waals surface area contributed by atoms with Crippen molar-refractivity contribution >= 4 is 27.5 Å². The fourth-order valence-corrected chi connectivity index (χ4v) is 6.34. The largest absolute Gasteiger partial charge is 0.495 e. The monoisotopic (exact) mass is 599 g/mol. The number of nitrogens with zero attached hydrogens (tertiary/aromatic N) is 2. The Kier molecular flexibility index (Phi) is 10.2. The SMILES string of the molecule is CNC(=O)[C@H](Cc1ccccc1)N(Cc1cccc(C)c1)C(=O)CN(c1ccccc1OC)S(=O)(=O)c1ccc(C)cc1. The van der Waals surface area contributed by atoms with Gasteiger partial charge in [-0.1, -0.05) is 90.0 Å². The fraction of sp³-hybridized carbons (Fsp3) is 0.235. The molecule has 1 atom stereocenters. The molecule has 8 nitrogen and oxygen atoms in total. The molecular weight excluding hydrogens is 562 g/mol. The number of methoxy groups -OCH3 is 1. The second-order valence-corrected chi connectivity index (χ2v) is 12.2. The molecule has 4 aromatic rings. The van der Waals surface area contributed by atoms with Gasteiger partial charge in [0.15, 0.2) is 0 Å². The van der Waals surface area contributed by atoms with Crippen LogP contribution in [0.15, 0.2) is 108 Å². The molecule has 0 heterocycles. The van der Waals surface area contributed by atoms with Gasteiger partial charge in [0.1, 0.15) is 18.3 Å². The molecule has 0 fully saturated rings. The van der Waals surface area contributed by atoms with Crippen molar-refractivity contribution in [3.8, 4) is 5.75 Å².